The van der Waals surface area contributed by atoms with Crippen LogP contribution in [0.3, 0.4) is 0 Å². The molecule has 1 atom stereocenters. The lowest BCUT2D eigenvalue weighted by atomic mass is 10.1. The van der Waals surface area contributed by atoms with Crippen molar-refractivity contribution in [1.82, 2.24) is 5.32 Å². The Balaban J connectivity index is 2.11. The molecule has 20 heavy (non-hydrogen) atoms. The third-order valence-electron chi connectivity index (χ3n) is 2.75. The van der Waals surface area contributed by atoms with E-state index in [-0.39, 0.29) is 5.97 Å². The zero-order valence-electron chi connectivity index (χ0n) is 10.7. The number of hydrogen-bond acceptors (Lipinski definition) is 4. The Bertz CT molecular complexity index is 564. The average molecular weight is 403 g/mol. The molecular formula is C14H13Br2NO3. The van der Waals surface area contributed by atoms with Gasteiger partial charge in [0.15, 0.2) is 4.67 Å². The monoisotopic (exact) mass is 401 g/mol. The topological polar surface area (TPSA) is 51.5 Å². The number of furan rings is 1. The second kappa shape index (κ2) is 7.06. The maximum Gasteiger partial charge on any atom is 0.327 e. The van der Waals surface area contributed by atoms with Gasteiger partial charge in [-0.05, 0) is 43.5 Å². The maximum absolute atomic E-state index is 11.9. The number of nitrogens with one attached hydrogen (secondary N) is 1. The summed E-state index contributed by atoms with van der Waals surface area (Å²) in [4.78, 5) is 11.9. The SMILES string of the molecule is COC(=O)C(NCc1cc(Br)c(Br)o1)c1ccccc1. The molecule has 2 rings (SSSR count). The molecule has 1 unspecified atom stereocenters. The van der Waals surface area contributed by atoms with Crippen molar-refractivity contribution >= 4 is 37.8 Å². The summed E-state index contributed by atoms with van der Waals surface area (Å²) >= 11 is 6.63. The molecule has 106 valence electrons. The number of methoxy groups -OCH3 is 1. The number of carbonyl (C=O) groups excluding carboxylic acids is 1. The molecule has 1 heterocycles. The van der Waals surface area contributed by atoms with Crippen molar-refractivity contribution in [3.05, 3.63) is 56.9 Å². The quantitative estimate of drug-likeness (QED) is 0.772. The summed E-state index contributed by atoms with van der Waals surface area (Å²) in [6, 6.07) is 10.7. The van der Waals surface area contributed by atoms with Gasteiger partial charge in [-0.1, -0.05) is 30.3 Å². The second-order valence-electron chi connectivity index (χ2n) is 4.08. The third kappa shape index (κ3) is 3.71. The fourth-order valence-electron chi connectivity index (χ4n) is 1.78. The summed E-state index contributed by atoms with van der Waals surface area (Å²) in [5.74, 6) is 0.384. The van der Waals surface area contributed by atoms with E-state index in [0.29, 0.717) is 17.0 Å². The van der Waals surface area contributed by atoms with Crippen LogP contribution in [0.1, 0.15) is 17.4 Å². The van der Waals surface area contributed by atoms with Gasteiger partial charge in [-0.25, -0.2) is 4.79 Å². The Morgan fingerprint density at radius 3 is 2.60 bits per heavy atom. The predicted octanol–water partition coefficient (Wildman–Crippen LogP) is 3.81. The molecule has 0 saturated heterocycles. The molecule has 1 aromatic heterocycles. The van der Waals surface area contributed by atoms with E-state index in [4.69, 9.17) is 9.15 Å². The Kier molecular flexibility index (Phi) is 5.39. The molecule has 0 aliphatic heterocycles. The molecule has 0 aliphatic rings. The van der Waals surface area contributed by atoms with Crippen molar-refractivity contribution in [2.24, 2.45) is 0 Å². The van der Waals surface area contributed by atoms with Crippen LogP contribution in [0.5, 0.6) is 0 Å². The van der Waals surface area contributed by atoms with E-state index in [9.17, 15) is 4.79 Å². The maximum atomic E-state index is 11.9. The third-order valence-corrected chi connectivity index (χ3v) is 4.46. The van der Waals surface area contributed by atoms with Gasteiger partial charge in [-0.2, -0.15) is 0 Å². The lowest BCUT2D eigenvalue weighted by Gasteiger charge is -2.16. The summed E-state index contributed by atoms with van der Waals surface area (Å²) in [5, 5.41) is 3.13. The van der Waals surface area contributed by atoms with Gasteiger partial charge in [-0.3, -0.25) is 5.32 Å². The van der Waals surface area contributed by atoms with Crippen LogP contribution in [0.2, 0.25) is 0 Å². The number of esters is 1. The first-order chi connectivity index (χ1) is 9.61. The predicted molar refractivity (Wildman–Crippen MR) is 82.1 cm³/mol. The summed E-state index contributed by atoms with van der Waals surface area (Å²) in [5.41, 5.74) is 0.851. The molecule has 6 heteroatoms. The molecule has 0 spiro atoms. The number of ether oxygens (including phenoxy) is 1. The highest BCUT2D eigenvalue weighted by molar-refractivity contribution is 9.13. The first-order valence-electron chi connectivity index (χ1n) is 5.91. The van der Waals surface area contributed by atoms with E-state index in [1.807, 2.05) is 36.4 Å². The van der Waals surface area contributed by atoms with Crippen molar-refractivity contribution in [2.45, 2.75) is 12.6 Å². The molecule has 4 nitrogen and oxygen atoms in total. The Morgan fingerprint density at radius 2 is 2.05 bits per heavy atom. The van der Waals surface area contributed by atoms with Gasteiger partial charge >= 0.3 is 5.97 Å². The summed E-state index contributed by atoms with van der Waals surface area (Å²) in [6.45, 7) is 0.416. The van der Waals surface area contributed by atoms with Crippen LogP contribution in [0, 0.1) is 0 Å². The minimum absolute atomic E-state index is 0.333. The largest absolute Gasteiger partial charge is 0.468 e. The van der Waals surface area contributed by atoms with Gasteiger partial charge < -0.3 is 9.15 Å². The number of benzene rings is 1. The van der Waals surface area contributed by atoms with E-state index in [1.165, 1.54) is 7.11 Å². The summed E-state index contributed by atoms with van der Waals surface area (Å²) in [7, 11) is 1.38. The van der Waals surface area contributed by atoms with E-state index < -0.39 is 6.04 Å². The molecule has 0 bridgehead atoms. The van der Waals surface area contributed by atoms with Crippen molar-refractivity contribution in [3.8, 4) is 0 Å². The number of hydrogen-bond donors (Lipinski definition) is 1. The molecular weight excluding hydrogens is 390 g/mol. The summed E-state index contributed by atoms with van der Waals surface area (Å²) < 4.78 is 11.8. The minimum Gasteiger partial charge on any atom is -0.468 e. The zero-order chi connectivity index (χ0) is 14.5. The van der Waals surface area contributed by atoms with Crippen LogP contribution >= 0.6 is 31.9 Å². The molecule has 0 saturated carbocycles. The molecule has 1 aromatic carbocycles. The van der Waals surface area contributed by atoms with Crippen LogP contribution in [0.4, 0.5) is 0 Å². The molecule has 0 aliphatic carbocycles. The second-order valence-corrected chi connectivity index (χ2v) is 5.66. The first kappa shape index (κ1) is 15.3. The highest BCUT2D eigenvalue weighted by Gasteiger charge is 2.21. The summed E-state index contributed by atoms with van der Waals surface area (Å²) in [6.07, 6.45) is 0. The van der Waals surface area contributed by atoms with Gasteiger partial charge in [0.05, 0.1) is 18.1 Å². The van der Waals surface area contributed by atoms with Crippen molar-refractivity contribution < 1.29 is 13.9 Å². The fourth-order valence-corrected chi connectivity index (χ4v) is 2.44. The van der Waals surface area contributed by atoms with Crippen LogP contribution in [0.15, 0.2) is 50.0 Å². The standard InChI is InChI=1S/C14H13Br2NO3/c1-19-14(18)12(9-5-3-2-4-6-9)17-8-10-7-11(15)13(16)20-10/h2-7,12,17H,8H2,1H3. The van der Waals surface area contributed by atoms with E-state index in [0.717, 1.165) is 10.0 Å². The van der Waals surface area contributed by atoms with Crippen molar-refractivity contribution in [1.29, 1.82) is 0 Å². The molecule has 0 amide bonds. The Hall–Kier alpha value is -1.11. The lowest BCUT2D eigenvalue weighted by Crippen LogP contribution is -2.29. The van der Waals surface area contributed by atoms with E-state index in [2.05, 4.69) is 37.2 Å². The molecule has 1 N–H and O–H groups in total. The van der Waals surface area contributed by atoms with E-state index in [1.54, 1.807) is 0 Å². The zero-order valence-corrected chi connectivity index (χ0v) is 13.9. The molecule has 0 fully saturated rings. The highest BCUT2D eigenvalue weighted by atomic mass is 79.9. The Morgan fingerprint density at radius 1 is 1.35 bits per heavy atom. The highest BCUT2D eigenvalue weighted by Crippen LogP contribution is 2.27. The van der Waals surface area contributed by atoms with Gasteiger partial charge in [0, 0.05) is 0 Å². The number of rotatable bonds is 5. The first-order valence-corrected chi connectivity index (χ1v) is 7.50. The van der Waals surface area contributed by atoms with Crippen LogP contribution in [-0.2, 0) is 16.1 Å². The van der Waals surface area contributed by atoms with Gasteiger partial charge in [0.2, 0.25) is 0 Å². The van der Waals surface area contributed by atoms with Crippen LogP contribution in [0.25, 0.3) is 0 Å². The van der Waals surface area contributed by atoms with Gasteiger partial charge in [0.25, 0.3) is 0 Å². The molecule has 2 aromatic rings. The number of carbonyl (C=O) groups is 1. The minimum atomic E-state index is -0.524. The van der Waals surface area contributed by atoms with Gasteiger partial charge in [0.1, 0.15) is 11.8 Å². The average Bonchev–Trinajstić information content (AvgIpc) is 2.78. The van der Waals surface area contributed by atoms with Crippen molar-refractivity contribution in [3.63, 3.8) is 0 Å². The normalized spacial score (nSPS) is 12.2. The van der Waals surface area contributed by atoms with Gasteiger partial charge in [-0.15, -0.1) is 0 Å². The van der Waals surface area contributed by atoms with Crippen LogP contribution in [-0.4, -0.2) is 13.1 Å². The van der Waals surface area contributed by atoms with Crippen molar-refractivity contribution in [2.75, 3.05) is 7.11 Å². The fraction of sp³-hybridized carbons (Fsp3) is 0.214. The smallest absolute Gasteiger partial charge is 0.327 e. The Labute approximate surface area is 133 Å². The van der Waals surface area contributed by atoms with Crippen LogP contribution < -0.4 is 5.32 Å². The lowest BCUT2D eigenvalue weighted by molar-refractivity contribution is -0.143. The van der Waals surface area contributed by atoms with E-state index >= 15 is 0 Å². The number of halogens is 2. The molecule has 0 radical (unpaired) electrons.